The summed E-state index contributed by atoms with van der Waals surface area (Å²) < 4.78 is 16.6. The molecule has 0 saturated carbocycles. The molecule has 1 fully saturated rings. The molecule has 0 aliphatic carbocycles. The Morgan fingerprint density at radius 3 is 2.45 bits per heavy atom. The highest BCUT2D eigenvalue weighted by molar-refractivity contribution is 6.46. The van der Waals surface area contributed by atoms with Gasteiger partial charge in [0.25, 0.3) is 5.91 Å². The van der Waals surface area contributed by atoms with Crippen LogP contribution < -0.4 is 24.2 Å². The minimum Gasteiger partial charge on any atom is -0.872 e. The summed E-state index contributed by atoms with van der Waals surface area (Å²) in [5.41, 5.74) is 0.924. The van der Waals surface area contributed by atoms with Gasteiger partial charge in [-0.15, -0.1) is 0 Å². The highest BCUT2D eigenvalue weighted by atomic mass is 16.6. The first-order valence-electron chi connectivity index (χ1n) is 11.1. The van der Waals surface area contributed by atoms with Crippen LogP contribution in [-0.4, -0.2) is 63.6 Å². The van der Waals surface area contributed by atoms with Crippen LogP contribution >= 0.6 is 0 Å². The van der Waals surface area contributed by atoms with Crippen LogP contribution in [0.4, 0.5) is 0 Å². The number of benzene rings is 2. The third-order valence-electron chi connectivity index (χ3n) is 5.69. The second-order valence-corrected chi connectivity index (χ2v) is 8.29. The summed E-state index contributed by atoms with van der Waals surface area (Å²) in [7, 11) is 3.94. The Balaban J connectivity index is 1.79. The molecule has 1 atom stereocenters. The standard InChI is InChI=1S/C25H28N2O6/c1-4-31-18-8-5-16(6-9-18)22-21(24(29)25(30)27(22)12-11-26(2)3)23(28)17-7-10-19-20(15-17)33-14-13-32-19/h5-10,15,22,28H,4,11-14H2,1-3H3/b23-21+. The van der Waals surface area contributed by atoms with Gasteiger partial charge in [-0.05, 0) is 42.3 Å². The molecule has 8 nitrogen and oxygen atoms in total. The first-order chi connectivity index (χ1) is 15.9. The van der Waals surface area contributed by atoms with Gasteiger partial charge in [0.2, 0.25) is 5.78 Å². The summed E-state index contributed by atoms with van der Waals surface area (Å²) in [5, 5.41) is 13.6. The number of hydrogen-bond acceptors (Lipinski definition) is 6. The van der Waals surface area contributed by atoms with Crippen LogP contribution in [-0.2, 0) is 9.59 Å². The van der Waals surface area contributed by atoms with Gasteiger partial charge in [-0.1, -0.05) is 24.0 Å². The Morgan fingerprint density at radius 1 is 1.09 bits per heavy atom. The van der Waals surface area contributed by atoms with E-state index < -0.39 is 23.5 Å². The molecule has 0 aromatic heterocycles. The van der Waals surface area contributed by atoms with E-state index in [0.717, 1.165) is 4.90 Å². The van der Waals surface area contributed by atoms with Crippen molar-refractivity contribution < 1.29 is 33.8 Å². The van der Waals surface area contributed by atoms with E-state index in [1.54, 1.807) is 42.5 Å². The molecule has 2 aromatic rings. The van der Waals surface area contributed by atoms with Crippen molar-refractivity contribution in [2.75, 3.05) is 47.0 Å². The predicted molar refractivity (Wildman–Crippen MR) is 119 cm³/mol. The van der Waals surface area contributed by atoms with Crippen molar-refractivity contribution in [3.63, 3.8) is 0 Å². The monoisotopic (exact) mass is 452 g/mol. The Labute approximate surface area is 193 Å². The zero-order valence-corrected chi connectivity index (χ0v) is 19.1. The lowest BCUT2D eigenvalue weighted by atomic mass is 9.95. The third-order valence-corrected chi connectivity index (χ3v) is 5.69. The van der Waals surface area contributed by atoms with Crippen molar-refractivity contribution in [3.05, 3.63) is 59.2 Å². The average molecular weight is 453 g/mol. The molecule has 1 amide bonds. The maximum absolute atomic E-state index is 13.6. The van der Waals surface area contributed by atoms with Crippen molar-refractivity contribution >= 4 is 17.4 Å². The number of rotatable bonds is 7. The topological polar surface area (TPSA) is 92.6 Å². The fraction of sp³-hybridized carbons (Fsp3) is 0.360. The molecule has 2 aromatic carbocycles. The maximum Gasteiger partial charge on any atom is 0.295 e. The van der Waals surface area contributed by atoms with Gasteiger partial charge >= 0.3 is 0 Å². The minimum absolute atomic E-state index is 0.0467. The van der Waals surface area contributed by atoms with Crippen LogP contribution in [0.2, 0.25) is 0 Å². The molecule has 174 valence electrons. The van der Waals surface area contributed by atoms with Gasteiger partial charge in [0.15, 0.2) is 11.5 Å². The molecule has 2 aliphatic rings. The molecule has 8 heteroatoms. The van der Waals surface area contributed by atoms with Gasteiger partial charge in [-0.2, -0.15) is 0 Å². The molecule has 0 spiro atoms. The zero-order valence-electron chi connectivity index (χ0n) is 19.1. The SMILES string of the molecule is CCOc1ccc(C2/C(=C(\[O-])c3ccc4c(c3)OCCO4)C(=O)C(=O)N2CC[NH+](C)C)cc1. The number of nitrogens with zero attached hydrogens (tertiary/aromatic N) is 1. The van der Waals surface area contributed by atoms with Crippen LogP contribution in [0.5, 0.6) is 17.2 Å². The number of quaternary nitrogens is 1. The lowest BCUT2D eigenvalue weighted by Gasteiger charge is -2.28. The van der Waals surface area contributed by atoms with Crippen LogP contribution in [0.3, 0.4) is 0 Å². The van der Waals surface area contributed by atoms with Crippen molar-refractivity contribution in [1.29, 1.82) is 0 Å². The van der Waals surface area contributed by atoms with Crippen molar-refractivity contribution in [2.45, 2.75) is 13.0 Å². The molecule has 2 heterocycles. The first-order valence-corrected chi connectivity index (χ1v) is 11.1. The van der Waals surface area contributed by atoms with E-state index in [-0.39, 0.29) is 11.1 Å². The van der Waals surface area contributed by atoms with E-state index in [1.807, 2.05) is 21.0 Å². The number of Topliss-reactive ketones (excluding diaryl/α,β-unsaturated/α-hetero) is 1. The molecular formula is C25H28N2O6. The second-order valence-electron chi connectivity index (χ2n) is 8.29. The highest BCUT2D eigenvalue weighted by Crippen LogP contribution is 2.40. The number of amides is 1. The average Bonchev–Trinajstić information content (AvgIpc) is 3.07. The fourth-order valence-electron chi connectivity index (χ4n) is 4.04. The summed E-state index contributed by atoms with van der Waals surface area (Å²) in [5.74, 6) is -0.214. The van der Waals surface area contributed by atoms with Gasteiger partial charge in [0.05, 0.1) is 39.8 Å². The molecule has 0 radical (unpaired) electrons. The highest BCUT2D eigenvalue weighted by Gasteiger charge is 2.44. The fourth-order valence-corrected chi connectivity index (χ4v) is 4.04. The lowest BCUT2D eigenvalue weighted by molar-refractivity contribution is -0.857. The molecule has 0 bridgehead atoms. The third kappa shape index (κ3) is 4.52. The molecule has 4 rings (SSSR count). The summed E-state index contributed by atoms with van der Waals surface area (Å²) in [6.45, 7) is 4.23. The quantitative estimate of drug-likeness (QED) is 0.367. The number of carbonyl (C=O) groups is 2. The lowest BCUT2D eigenvalue weighted by Crippen LogP contribution is -3.06. The Morgan fingerprint density at radius 2 is 1.79 bits per heavy atom. The number of likely N-dealkylation sites (N-methyl/N-ethyl adjacent to an activating group) is 1. The molecule has 1 N–H and O–H groups in total. The smallest absolute Gasteiger partial charge is 0.295 e. The number of nitrogens with one attached hydrogen (secondary N) is 1. The molecule has 33 heavy (non-hydrogen) atoms. The number of ketones is 1. The Hall–Kier alpha value is -3.52. The van der Waals surface area contributed by atoms with Crippen LogP contribution in [0.25, 0.3) is 5.76 Å². The van der Waals surface area contributed by atoms with Crippen molar-refractivity contribution in [1.82, 2.24) is 4.90 Å². The number of carbonyl (C=O) groups excluding carboxylic acids is 2. The van der Waals surface area contributed by atoms with E-state index in [0.29, 0.717) is 55.7 Å². The Kier molecular flexibility index (Phi) is 6.55. The number of hydrogen-bond donors (Lipinski definition) is 1. The van der Waals surface area contributed by atoms with Crippen LogP contribution in [0, 0.1) is 0 Å². The van der Waals surface area contributed by atoms with Gasteiger partial charge < -0.3 is 29.1 Å². The molecule has 2 aliphatic heterocycles. The number of fused-ring (bicyclic) bond motifs is 1. The van der Waals surface area contributed by atoms with Gasteiger partial charge in [0.1, 0.15) is 19.0 Å². The summed E-state index contributed by atoms with van der Waals surface area (Å²) in [4.78, 5) is 28.7. The van der Waals surface area contributed by atoms with Crippen molar-refractivity contribution in [3.8, 4) is 17.2 Å². The van der Waals surface area contributed by atoms with E-state index in [4.69, 9.17) is 14.2 Å². The van der Waals surface area contributed by atoms with E-state index in [1.165, 1.54) is 4.90 Å². The van der Waals surface area contributed by atoms with Gasteiger partial charge in [-0.3, -0.25) is 9.59 Å². The van der Waals surface area contributed by atoms with E-state index in [2.05, 4.69) is 0 Å². The molecule has 1 unspecified atom stereocenters. The van der Waals surface area contributed by atoms with E-state index >= 15 is 0 Å². The summed E-state index contributed by atoms with van der Waals surface area (Å²) in [6.07, 6.45) is 0. The Bertz CT molecular complexity index is 1080. The van der Waals surface area contributed by atoms with Crippen molar-refractivity contribution in [2.24, 2.45) is 0 Å². The maximum atomic E-state index is 13.6. The summed E-state index contributed by atoms with van der Waals surface area (Å²) >= 11 is 0. The second kappa shape index (κ2) is 9.54. The van der Waals surface area contributed by atoms with E-state index in [9.17, 15) is 14.7 Å². The first kappa shape index (κ1) is 22.7. The van der Waals surface area contributed by atoms with Crippen LogP contribution in [0.15, 0.2) is 48.0 Å². The number of likely N-dealkylation sites (tertiary alicyclic amines) is 1. The number of ether oxygens (including phenoxy) is 3. The predicted octanol–water partition coefficient (Wildman–Crippen LogP) is 0.225. The normalized spacial score (nSPS) is 19.3. The van der Waals surface area contributed by atoms with Crippen LogP contribution in [0.1, 0.15) is 24.1 Å². The minimum atomic E-state index is -0.763. The molecule has 1 saturated heterocycles. The van der Waals surface area contributed by atoms with Gasteiger partial charge in [0, 0.05) is 5.57 Å². The largest absolute Gasteiger partial charge is 0.872 e. The zero-order chi connectivity index (χ0) is 23.5. The molecular weight excluding hydrogens is 424 g/mol. The van der Waals surface area contributed by atoms with Gasteiger partial charge in [-0.25, -0.2) is 0 Å². The summed E-state index contributed by atoms with van der Waals surface area (Å²) in [6, 6.07) is 11.2.